The summed E-state index contributed by atoms with van der Waals surface area (Å²) in [6.07, 6.45) is 5.22. The Labute approximate surface area is 161 Å². The third-order valence-electron chi connectivity index (χ3n) is 6.54. The van der Waals surface area contributed by atoms with Gasteiger partial charge in [-0.2, -0.15) is 0 Å². The summed E-state index contributed by atoms with van der Waals surface area (Å²) < 4.78 is 14.1. The zero-order valence-electron chi connectivity index (χ0n) is 15.5. The predicted octanol–water partition coefficient (Wildman–Crippen LogP) is 2.61. The Bertz CT molecular complexity index is 1020. The first-order chi connectivity index (χ1) is 13.5. The highest BCUT2D eigenvalue weighted by Crippen LogP contribution is 2.46. The summed E-state index contributed by atoms with van der Waals surface area (Å²) in [7, 11) is 0. The van der Waals surface area contributed by atoms with Gasteiger partial charge in [-0.1, -0.05) is 0 Å². The lowest BCUT2D eigenvalue weighted by Gasteiger charge is -2.39. The number of aromatic amines is 1. The SMILES string of the molecule is O=C(c1ccc(O)cc1F)N1CCC2(CCc3c2nc(C2CC2)[nH]c3=O)CC1. The van der Waals surface area contributed by atoms with E-state index < -0.39 is 5.82 Å². The van der Waals surface area contributed by atoms with Crippen molar-refractivity contribution in [3.63, 3.8) is 0 Å². The Morgan fingerprint density at radius 2 is 2.00 bits per heavy atom. The Morgan fingerprint density at radius 1 is 1.25 bits per heavy atom. The van der Waals surface area contributed by atoms with Crippen LogP contribution < -0.4 is 5.56 Å². The normalized spacial score (nSPS) is 20.4. The Balaban J connectivity index is 1.38. The molecule has 0 atom stereocenters. The molecule has 1 spiro atoms. The maximum atomic E-state index is 14.1. The third kappa shape index (κ3) is 2.72. The quantitative estimate of drug-likeness (QED) is 0.835. The number of hydrogen-bond acceptors (Lipinski definition) is 4. The lowest BCUT2D eigenvalue weighted by atomic mass is 9.76. The number of nitrogens with one attached hydrogen (secondary N) is 1. The molecule has 1 aromatic heterocycles. The zero-order valence-corrected chi connectivity index (χ0v) is 15.5. The van der Waals surface area contributed by atoms with Crippen molar-refractivity contribution in [2.75, 3.05) is 13.1 Å². The monoisotopic (exact) mass is 383 g/mol. The van der Waals surface area contributed by atoms with E-state index in [2.05, 4.69) is 4.98 Å². The standard InChI is InChI=1S/C21H22FN3O3/c22-16-11-13(26)3-4-14(16)20(28)25-9-7-21(8-10-25)6-5-15-17(21)23-18(12-1-2-12)24-19(15)27/h3-4,11-12,26H,1-2,5-10H2,(H,23,24,27). The van der Waals surface area contributed by atoms with E-state index in [1.54, 1.807) is 4.90 Å². The number of carbonyl (C=O) groups is 1. The molecule has 1 aliphatic heterocycles. The van der Waals surface area contributed by atoms with Gasteiger partial charge in [0.15, 0.2) is 0 Å². The number of phenolic OH excluding ortho intramolecular Hbond substituents is 1. The van der Waals surface area contributed by atoms with Crippen molar-refractivity contribution in [1.82, 2.24) is 14.9 Å². The highest BCUT2D eigenvalue weighted by molar-refractivity contribution is 5.94. The van der Waals surface area contributed by atoms with Crippen LogP contribution in [-0.4, -0.2) is 39.0 Å². The number of piperidine rings is 1. The van der Waals surface area contributed by atoms with Gasteiger partial charge in [0.05, 0.1) is 11.3 Å². The van der Waals surface area contributed by atoms with Crippen LogP contribution in [0.2, 0.25) is 0 Å². The number of phenols is 1. The summed E-state index contributed by atoms with van der Waals surface area (Å²) in [6.45, 7) is 1.01. The predicted molar refractivity (Wildman–Crippen MR) is 100 cm³/mol. The molecule has 1 aromatic carbocycles. The van der Waals surface area contributed by atoms with Crippen molar-refractivity contribution in [2.45, 2.75) is 49.9 Å². The number of nitrogens with zero attached hydrogens (tertiary/aromatic N) is 2. The van der Waals surface area contributed by atoms with Crippen molar-refractivity contribution in [1.29, 1.82) is 0 Å². The summed E-state index contributed by atoms with van der Waals surface area (Å²) in [5.74, 6) is -0.0664. The summed E-state index contributed by atoms with van der Waals surface area (Å²) in [4.78, 5) is 34.7. The number of amides is 1. The summed E-state index contributed by atoms with van der Waals surface area (Å²) in [5, 5.41) is 9.35. The average Bonchev–Trinajstić information content (AvgIpc) is 3.47. The highest BCUT2D eigenvalue weighted by atomic mass is 19.1. The smallest absolute Gasteiger partial charge is 0.256 e. The summed E-state index contributed by atoms with van der Waals surface area (Å²) in [5.41, 5.74) is 1.55. The Morgan fingerprint density at radius 3 is 2.68 bits per heavy atom. The molecular weight excluding hydrogens is 361 g/mol. The van der Waals surface area contributed by atoms with Crippen molar-refractivity contribution < 1.29 is 14.3 Å². The lowest BCUT2D eigenvalue weighted by molar-refractivity contribution is 0.0658. The molecule has 2 fully saturated rings. The minimum absolute atomic E-state index is 0.00607. The van der Waals surface area contributed by atoms with Crippen LogP contribution in [0.3, 0.4) is 0 Å². The molecule has 6 nitrogen and oxygen atoms in total. The van der Waals surface area contributed by atoms with E-state index in [1.807, 2.05) is 0 Å². The maximum Gasteiger partial charge on any atom is 0.256 e. The molecule has 2 aliphatic carbocycles. The van der Waals surface area contributed by atoms with Gasteiger partial charge in [0, 0.05) is 36.1 Å². The first-order valence-corrected chi connectivity index (χ1v) is 9.88. The van der Waals surface area contributed by atoms with Gasteiger partial charge >= 0.3 is 0 Å². The van der Waals surface area contributed by atoms with Crippen LogP contribution in [0.1, 0.15) is 65.5 Å². The molecule has 5 rings (SSSR count). The number of fused-ring (bicyclic) bond motifs is 2. The number of aromatic nitrogens is 2. The molecule has 7 heteroatoms. The second-order valence-electron chi connectivity index (χ2n) is 8.29. The number of hydrogen-bond donors (Lipinski definition) is 2. The Hall–Kier alpha value is -2.70. The van der Waals surface area contributed by atoms with Crippen molar-refractivity contribution >= 4 is 5.91 Å². The third-order valence-corrected chi connectivity index (χ3v) is 6.54. The molecule has 0 unspecified atom stereocenters. The van der Waals surface area contributed by atoms with Crippen LogP contribution in [-0.2, 0) is 11.8 Å². The molecule has 1 saturated carbocycles. The van der Waals surface area contributed by atoms with Crippen LogP contribution in [0.4, 0.5) is 4.39 Å². The first kappa shape index (κ1) is 17.4. The highest BCUT2D eigenvalue weighted by Gasteiger charge is 2.45. The average molecular weight is 383 g/mol. The van der Waals surface area contributed by atoms with E-state index >= 15 is 0 Å². The van der Waals surface area contributed by atoms with E-state index in [4.69, 9.17) is 4.98 Å². The van der Waals surface area contributed by atoms with E-state index in [0.717, 1.165) is 61.7 Å². The first-order valence-electron chi connectivity index (χ1n) is 9.88. The number of aromatic hydroxyl groups is 1. The molecule has 3 aliphatic rings. The maximum absolute atomic E-state index is 14.1. The van der Waals surface area contributed by atoms with Crippen molar-refractivity contribution in [3.8, 4) is 5.75 Å². The van der Waals surface area contributed by atoms with Crippen LogP contribution in [0, 0.1) is 5.82 Å². The second-order valence-corrected chi connectivity index (χ2v) is 8.29. The number of halogens is 1. The van der Waals surface area contributed by atoms with Gasteiger partial charge in [0.25, 0.3) is 11.5 Å². The van der Waals surface area contributed by atoms with Gasteiger partial charge < -0.3 is 15.0 Å². The van der Waals surface area contributed by atoms with Gasteiger partial charge in [-0.3, -0.25) is 9.59 Å². The molecule has 1 saturated heterocycles. The van der Waals surface area contributed by atoms with Gasteiger partial charge in [-0.25, -0.2) is 9.37 Å². The van der Waals surface area contributed by atoms with E-state index in [-0.39, 0.29) is 28.2 Å². The van der Waals surface area contributed by atoms with Gasteiger partial charge in [-0.15, -0.1) is 0 Å². The number of likely N-dealkylation sites (tertiary alicyclic amines) is 1. The molecule has 2 N–H and O–H groups in total. The molecule has 2 heterocycles. The van der Waals surface area contributed by atoms with Crippen LogP contribution in [0.15, 0.2) is 23.0 Å². The van der Waals surface area contributed by atoms with E-state index in [0.29, 0.717) is 19.0 Å². The van der Waals surface area contributed by atoms with E-state index in [1.165, 1.54) is 12.1 Å². The van der Waals surface area contributed by atoms with Gasteiger partial charge in [0.2, 0.25) is 0 Å². The van der Waals surface area contributed by atoms with Gasteiger partial charge in [0.1, 0.15) is 17.4 Å². The molecule has 146 valence electrons. The largest absolute Gasteiger partial charge is 0.508 e. The zero-order chi connectivity index (χ0) is 19.5. The Kier molecular flexibility index (Phi) is 3.82. The van der Waals surface area contributed by atoms with Crippen molar-refractivity contribution in [3.05, 3.63) is 57.0 Å². The summed E-state index contributed by atoms with van der Waals surface area (Å²) >= 11 is 0. The van der Waals surface area contributed by atoms with Gasteiger partial charge in [-0.05, 0) is 50.7 Å². The minimum Gasteiger partial charge on any atom is -0.508 e. The molecule has 0 radical (unpaired) electrons. The molecule has 1 amide bonds. The number of rotatable bonds is 2. The number of benzene rings is 1. The fraction of sp³-hybridized carbons (Fsp3) is 0.476. The molecule has 2 aromatic rings. The fourth-order valence-corrected chi connectivity index (χ4v) is 4.69. The van der Waals surface area contributed by atoms with Crippen LogP contribution >= 0.6 is 0 Å². The topological polar surface area (TPSA) is 86.3 Å². The van der Waals surface area contributed by atoms with E-state index in [9.17, 15) is 19.1 Å². The molecule has 0 bridgehead atoms. The van der Waals surface area contributed by atoms with Crippen LogP contribution in [0.5, 0.6) is 5.75 Å². The summed E-state index contributed by atoms with van der Waals surface area (Å²) in [6, 6.07) is 3.61. The number of H-pyrrole nitrogens is 1. The van der Waals surface area contributed by atoms with Crippen molar-refractivity contribution in [2.24, 2.45) is 0 Å². The lowest BCUT2D eigenvalue weighted by Crippen LogP contribution is -2.45. The fourth-order valence-electron chi connectivity index (χ4n) is 4.69. The van der Waals surface area contributed by atoms with Crippen LogP contribution in [0.25, 0.3) is 0 Å². The second kappa shape index (κ2) is 6.15. The molecule has 28 heavy (non-hydrogen) atoms. The number of carbonyl (C=O) groups excluding carboxylic acids is 1. The minimum atomic E-state index is -0.709. The molecular formula is C21H22FN3O3.